The highest BCUT2D eigenvalue weighted by Gasteiger charge is 2.16. The van der Waals surface area contributed by atoms with Crippen molar-refractivity contribution in [1.29, 1.82) is 0 Å². The molecule has 2 aromatic heterocycles. The van der Waals surface area contributed by atoms with Crippen LogP contribution in [0.2, 0.25) is 0 Å². The van der Waals surface area contributed by atoms with Gasteiger partial charge in [0.2, 0.25) is 5.13 Å². The molecule has 0 saturated carbocycles. The smallest absolute Gasteiger partial charge is 0.256 e. The average molecular weight is 413 g/mol. The van der Waals surface area contributed by atoms with Crippen molar-refractivity contribution in [2.75, 3.05) is 11.1 Å². The lowest BCUT2D eigenvalue weighted by atomic mass is 10.2. The average Bonchev–Trinajstić information content (AvgIpc) is 3.24. The van der Waals surface area contributed by atoms with Crippen molar-refractivity contribution in [1.82, 2.24) is 14.8 Å². The van der Waals surface area contributed by atoms with Crippen molar-refractivity contribution in [2.45, 2.75) is 18.7 Å². The van der Waals surface area contributed by atoms with Gasteiger partial charge in [-0.25, -0.2) is 9.37 Å². The highest BCUT2D eigenvalue weighted by atomic mass is 32.2. The molecule has 8 heteroatoms. The van der Waals surface area contributed by atoms with E-state index in [1.807, 2.05) is 25.1 Å². The number of nitrogens with one attached hydrogen (secondary N) is 1. The standard InChI is InChI=1S/C20H17FN4OS2/c1-3-27-15-6-4-5-13(10-15)19(26)23-18-9-12(2)24-25(18)20-22-16-8-7-14(21)11-17(16)28-20/h4-11H,3H2,1-2H3,(H,23,26). The van der Waals surface area contributed by atoms with E-state index in [2.05, 4.69) is 22.3 Å². The Balaban J connectivity index is 1.65. The molecule has 2 heterocycles. The van der Waals surface area contributed by atoms with Gasteiger partial charge in [0.1, 0.15) is 11.6 Å². The summed E-state index contributed by atoms with van der Waals surface area (Å²) in [4.78, 5) is 18.3. The third-order valence-electron chi connectivity index (χ3n) is 4.00. The molecule has 0 radical (unpaired) electrons. The Hall–Kier alpha value is -2.71. The molecule has 4 rings (SSSR count). The van der Waals surface area contributed by atoms with Crippen molar-refractivity contribution in [3.63, 3.8) is 0 Å². The number of aryl methyl sites for hydroxylation is 1. The zero-order chi connectivity index (χ0) is 19.7. The van der Waals surface area contributed by atoms with E-state index in [4.69, 9.17) is 0 Å². The first-order chi connectivity index (χ1) is 13.5. The molecule has 1 N–H and O–H groups in total. The van der Waals surface area contributed by atoms with Gasteiger partial charge in [-0.15, -0.1) is 11.8 Å². The maximum atomic E-state index is 13.5. The molecule has 2 aromatic carbocycles. The van der Waals surface area contributed by atoms with Gasteiger partial charge in [-0.05, 0) is 49.1 Å². The zero-order valence-electron chi connectivity index (χ0n) is 15.3. The fourth-order valence-corrected chi connectivity index (χ4v) is 4.47. The molecule has 0 spiro atoms. The van der Waals surface area contributed by atoms with Gasteiger partial charge in [0, 0.05) is 16.5 Å². The van der Waals surface area contributed by atoms with E-state index in [1.54, 1.807) is 34.6 Å². The zero-order valence-corrected chi connectivity index (χ0v) is 16.9. The third kappa shape index (κ3) is 3.79. The molecular formula is C20H17FN4OS2. The Morgan fingerprint density at radius 3 is 2.93 bits per heavy atom. The first-order valence-electron chi connectivity index (χ1n) is 8.71. The van der Waals surface area contributed by atoms with E-state index < -0.39 is 0 Å². The summed E-state index contributed by atoms with van der Waals surface area (Å²) >= 11 is 3.00. The third-order valence-corrected chi connectivity index (χ3v) is 5.87. The molecule has 0 aliphatic heterocycles. The number of benzene rings is 2. The maximum absolute atomic E-state index is 13.5. The Labute approximate surface area is 169 Å². The maximum Gasteiger partial charge on any atom is 0.256 e. The van der Waals surface area contributed by atoms with Crippen LogP contribution in [0.25, 0.3) is 15.3 Å². The second kappa shape index (κ2) is 7.73. The minimum Gasteiger partial charge on any atom is -0.306 e. The second-order valence-corrected chi connectivity index (χ2v) is 8.45. The van der Waals surface area contributed by atoms with Crippen molar-refractivity contribution in [3.05, 3.63) is 65.6 Å². The van der Waals surface area contributed by atoms with Gasteiger partial charge >= 0.3 is 0 Å². The highest BCUT2D eigenvalue weighted by molar-refractivity contribution is 7.99. The Kier molecular flexibility index (Phi) is 5.15. The molecule has 5 nitrogen and oxygen atoms in total. The van der Waals surface area contributed by atoms with Gasteiger partial charge < -0.3 is 5.32 Å². The van der Waals surface area contributed by atoms with E-state index in [0.717, 1.165) is 21.0 Å². The summed E-state index contributed by atoms with van der Waals surface area (Å²) in [6.07, 6.45) is 0. The molecule has 1 amide bonds. The van der Waals surface area contributed by atoms with Crippen molar-refractivity contribution < 1.29 is 9.18 Å². The number of thiazole rings is 1. The highest BCUT2D eigenvalue weighted by Crippen LogP contribution is 2.28. The number of aromatic nitrogens is 3. The number of carbonyl (C=O) groups excluding carboxylic acids is 1. The minimum atomic E-state index is -0.308. The van der Waals surface area contributed by atoms with Crippen LogP contribution in [-0.2, 0) is 0 Å². The SMILES string of the molecule is CCSc1cccc(C(=O)Nc2cc(C)nn2-c2nc3ccc(F)cc3s2)c1. The van der Waals surface area contributed by atoms with Gasteiger partial charge in [-0.3, -0.25) is 4.79 Å². The fourth-order valence-electron chi connectivity index (χ4n) is 2.79. The molecule has 0 fully saturated rings. The van der Waals surface area contributed by atoms with E-state index in [0.29, 0.717) is 22.0 Å². The molecule has 28 heavy (non-hydrogen) atoms. The number of thioether (sulfide) groups is 1. The predicted molar refractivity (Wildman–Crippen MR) is 112 cm³/mol. The number of carbonyl (C=O) groups is 1. The lowest BCUT2D eigenvalue weighted by Gasteiger charge is -2.07. The van der Waals surface area contributed by atoms with Gasteiger partial charge in [-0.2, -0.15) is 9.78 Å². The van der Waals surface area contributed by atoms with E-state index >= 15 is 0 Å². The number of fused-ring (bicyclic) bond motifs is 1. The summed E-state index contributed by atoms with van der Waals surface area (Å²) < 4.78 is 15.8. The largest absolute Gasteiger partial charge is 0.306 e. The van der Waals surface area contributed by atoms with Crippen molar-refractivity contribution in [2.24, 2.45) is 0 Å². The van der Waals surface area contributed by atoms with E-state index in [-0.39, 0.29) is 11.7 Å². The Bertz CT molecular complexity index is 1170. The lowest BCUT2D eigenvalue weighted by molar-refractivity contribution is 0.102. The van der Waals surface area contributed by atoms with E-state index in [1.165, 1.54) is 23.5 Å². The molecule has 142 valence electrons. The number of hydrogen-bond donors (Lipinski definition) is 1. The monoisotopic (exact) mass is 412 g/mol. The van der Waals surface area contributed by atoms with Crippen LogP contribution >= 0.6 is 23.1 Å². The molecule has 0 aliphatic carbocycles. The van der Waals surface area contributed by atoms with E-state index in [9.17, 15) is 9.18 Å². The molecular weight excluding hydrogens is 395 g/mol. The summed E-state index contributed by atoms with van der Waals surface area (Å²) in [6.45, 7) is 3.92. The van der Waals surface area contributed by atoms with Crippen LogP contribution < -0.4 is 5.32 Å². The summed E-state index contributed by atoms with van der Waals surface area (Å²) in [7, 11) is 0. The molecule has 4 aromatic rings. The normalized spacial score (nSPS) is 11.1. The van der Waals surface area contributed by atoms with Gasteiger partial charge in [-0.1, -0.05) is 24.3 Å². The van der Waals surface area contributed by atoms with Crippen molar-refractivity contribution >= 4 is 45.0 Å². The minimum absolute atomic E-state index is 0.216. The fraction of sp³-hybridized carbons (Fsp3) is 0.150. The quantitative estimate of drug-likeness (QED) is 0.452. The Morgan fingerprint density at radius 1 is 1.25 bits per heavy atom. The first kappa shape index (κ1) is 18.6. The molecule has 0 aliphatic rings. The topological polar surface area (TPSA) is 59.8 Å². The number of anilines is 1. The number of amides is 1. The number of halogens is 1. The molecule has 0 saturated heterocycles. The van der Waals surface area contributed by atoms with Crippen LogP contribution in [0.15, 0.2) is 53.4 Å². The van der Waals surface area contributed by atoms with Crippen LogP contribution in [-0.4, -0.2) is 26.4 Å². The number of nitrogens with zero attached hydrogens (tertiary/aromatic N) is 3. The molecule has 0 atom stereocenters. The predicted octanol–water partition coefficient (Wildman–Crippen LogP) is 5.29. The molecule has 0 unspecified atom stereocenters. The summed E-state index contributed by atoms with van der Waals surface area (Å²) in [5.41, 5.74) is 2.02. The molecule has 0 bridgehead atoms. The summed E-state index contributed by atoms with van der Waals surface area (Å²) in [5, 5.41) is 7.93. The van der Waals surface area contributed by atoms with Crippen molar-refractivity contribution in [3.8, 4) is 5.13 Å². The summed E-state index contributed by atoms with van der Waals surface area (Å²) in [6, 6.07) is 13.8. The van der Waals surface area contributed by atoms with Crippen LogP contribution in [0.1, 0.15) is 23.0 Å². The lowest BCUT2D eigenvalue weighted by Crippen LogP contribution is -2.15. The Morgan fingerprint density at radius 2 is 2.11 bits per heavy atom. The van der Waals surface area contributed by atoms with Crippen LogP contribution in [0.4, 0.5) is 10.2 Å². The van der Waals surface area contributed by atoms with Gasteiger partial charge in [0.15, 0.2) is 0 Å². The first-order valence-corrected chi connectivity index (χ1v) is 10.5. The number of hydrogen-bond acceptors (Lipinski definition) is 5. The number of rotatable bonds is 5. The van der Waals surface area contributed by atoms with Crippen LogP contribution in [0, 0.1) is 12.7 Å². The van der Waals surface area contributed by atoms with Crippen LogP contribution in [0.5, 0.6) is 0 Å². The van der Waals surface area contributed by atoms with Crippen LogP contribution in [0.3, 0.4) is 0 Å². The second-order valence-electron chi connectivity index (χ2n) is 6.11. The van der Waals surface area contributed by atoms with Gasteiger partial charge in [0.05, 0.1) is 15.9 Å². The summed E-state index contributed by atoms with van der Waals surface area (Å²) in [5.74, 6) is 0.940. The van der Waals surface area contributed by atoms with Gasteiger partial charge in [0.25, 0.3) is 5.91 Å².